The van der Waals surface area contributed by atoms with Crippen molar-refractivity contribution in [1.82, 2.24) is 14.4 Å². The maximum absolute atomic E-state index is 5.81. The van der Waals surface area contributed by atoms with Crippen LogP contribution in [0.3, 0.4) is 0 Å². The zero-order chi connectivity index (χ0) is 14.1. The molecule has 3 rings (SSSR count). The molecule has 1 aromatic carbocycles. The second-order valence-corrected chi connectivity index (χ2v) is 4.74. The van der Waals surface area contributed by atoms with Gasteiger partial charge in [-0.15, -0.1) is 0 Å². The smallest absolute Gasteiger partial charge is 0.180 e. The van der Waals surface area contributed by atoms with Gasteiger partial charge in [0.2, 0.25) is 0 Å². The minimum Gasteiger partial charge on any atom is -0.382 e. The van der Waals surface area contributed by atoms with Gasteiger partial charge in [0, 0.05) is 37.9 Å². The van der Waals surface area contributed by atoms with Crippen molar-refractivity contribution >= 4 is 28.7 Å². The van der Waals surface area contributed by atoms with Crippen LogP contribution in [0.5, 0.6) is 0 Å². The lowest BCUT2D eigenvalue weighted by Crippen LogP contribution is -2.08. The summed E-state index contributed by atoms with van der Waals surface area (Å²) >= 11 is 0. The first-order chi connectivity index (χ1) is 9.63. The molecule has 3 N–H and O–H groups in total. The number of benzene rings is 1. The third-order valence-corrected chi connectivity index (χ3v) is 3.02. The Hall–Kier alpha value is -2.76. The van der Waals surface area contributed by atoms with Crippen LogP contribution < -0.4 is 16.0 Å². The number of fused-ring (bicyclic) bond motifs is 1. The van der Waals surface area contributed by atoms with E-state index in [0.29, 0.717) is 11.6 Å². The summed E-state index contributed by atoms with van der Waals surface area (Å²) in [4.78, 5) is 10.6. The van der Waals surface area contributed by atoms with E-state index in [0.717, 1.165) is 17.0 Å². The van der Waals surface area contributed by atoms with Gasteiger partial charge in [-0.1, -0.05) is 6.07 Å². The standard InChI is InChI=1S/C14H16N6/c1-19(2)11-5-3-4-10(8-11)17-13-14-16-6-7-20(14)9-12(15)18-13/h3-9H,15H2,1-2H3,(H,17,18). The lowest BCUT2D eigenvalue weighted by molar-refractivity contribution is 1.13. The van der Waals surface area contributed by atoms with Crippen molar-refractivity contribution in [3.63, 3.8) is 0 Å². The van der Waals surface area contributed by atoms with E-state index in [-0.39, 0.29) is 0 Å². The maximum atomic E-state index is 5.81. The number of anilines is 4. The second-order valence-electron chi connectivity index (χ2n) is 4.74. The molecule has 20 heavy (non-hydrogen) atoms. The van der Waals surface area contributed by atoms with Crippen molar-refractivity contribution in [2.45, 2.75) is 0 Å². The Kier molecular flexibility index (Phi) is 2.90. The molecular weight excluding hydrogens is 252 g/mol. The molecule has 0 aliphatic heterocycles. The normalized spacial score (nSPS) is 10.7. The van der Waals surface area contributed by atoms with E-state index < -0.39 is 0 Å². The SMILES string of the molecule is CN(C)c1cccc(Nc2nc(N)cn3ccnc23)c1. The van der Waals surface area contributed by atoms with Crippen LogP contribution in [-0.4, -0.2) is 28.5 Å². The molecule has 0 saturated heterocycles. The highest BCUT2D eigenvalue weighted by Gasteiger charge is 2.07. The Labute approximate surface area is 116 Å². The topological polar surface area (TPSA) is 71.5 Å². The molecule has 6 heteroatoms. The predicted octanol–water partition coefficient (Wildman–Crippen LogP) is 2.12. The molecule has 0 aliphatic carbocycles. The molecule has 0 aliphatic rings. The maximum Gasteiger partial charge on any atom is 0.180 e. The van der Waals surface area contributed by atoms with Crippen molar-refractivity contribution in [3.8, 4) is 0 Å². The van der Waals surface area contributed by atoms with E-state index in [1.54, 1.807) is 12.4 Å². The van der Waals surface area contributed by atoms with Gasteiger partial charge in [0.15, 0.2) is 11.5 Å². The van der Waals surface area contributed by atoms with Crippen molar-refractivity contribution in [2.24, 2.45) is 0 Å². The summed E-state index contributed by atoms with van der Waals surface area (Å²) in [6.07, 6.45) is 5.30. The van der Waals surface area contributed by atoms with Gasteiger partial charge < -0.3 is 20.4 Å². The summed E-state index contributed by atoms with van der Waals surface area (Å²) < 4.78 is 1.85. The molecule has 2 aromatic heterocycles. The van der Waals surface area contributed by atoms with E-state index >= 15 is 0 Å². The van der Waals surface area contributed by atoms with E-state index in [9.17, 15) is 0 Å². The van der Waals surface area contributed by atoms with Crippen molar-refractivity contribution in [3.05, 3.63) is 42.9 Å². The molecule has 102 valence electrons. The summed E-state index contributed by atoms with van der Waals surface area (Å²) in [5.74, 6) is 1.09. The van der Waals surface area contributed by atoms with Gasteiger partial charge >= 0.3 is 0 Å². The Morgan fingerprint density at radius 3 is 2.95 bits per heavy atom. The number of aromatic nitrogens is 3. The van der Waals surface area contributed by atoms with E-state index in [1.165, 1.54) is 0 Å². The van der Waals surface area contributed by atoms with Gasteiger partial charge in [0.25, 0.3) is 0 Å². The van der Waals surface area contributed by atoms with Gasteiger partial charge in [-0.2, -0.15) is 0 Å². The zero-order valence-corrected chi connectivity index (χ0v) is 11.4. The van der Waals surface area contributed by atoms with Crippen LogP contribution in [0.15, 0.2) is 42.9 Å². The number of nitrogens with one attached hydrogen (secondary N) is 1. The Balaban J connectivity index is 2.00. The van der Waals surface area contributed by atoms with Gasteiger partial charge in [-0.05, 0) is 18.2 Å². The minimum atomic E-state index is 0.446. The fourth-order valence-electron chi connectivity index (χ4n) is 2.03. The molecule has 0 radical (unpaired) electrons. The Morgan fingerprint density at radius 2 is 2.15 bits per heavy atom. The molecule has 0 bridgehead atoms. The highest BCUT2D eigenvalue weighted by atomic mass is 15.1. The first-order valence-electron chi connectivity index (χ1n) is 6.27. The third-order valence-electron chi connectivity index (χ3n) is 3.02. The Bertz CT molecular complexity index is 746. The number of nitrogen functional groups attached to an aromatic ring is 1. The molecule has 0 spiro atoms. The molecule has 0 amide bonds. The monoisotopic (exact) mass is 268 g/mol. The summed E-state index contributed by atoms with van der Waals surface area (Å²) in [6.45, 7) is 0. The molecule has 6 nitrogen and oxygen atoms in total. The zero-order valence-electron chi connectivity index (χ0n) is 11.4. The van der Waals surface area contributed by atoms with Crippen molar-refractivity contribution in [1.29, 1.82) is 0 Å². The fourth-order valence-corrected chi connectivity index (χ4v) is 2.03. The highest BCUT2D eigenvalue weighted by Crippen LogP contribution is 2.23. The minimum absolute atomic E-state index is 0.446. The molecule has 0 atom stereocenters. The number of hydrogen-bond acceptors (Lipinski definition) is 5. The first kappa shape index (κ1) is 12.3. The van der Waals surface area contributed by atoms with Gasteiger partial charge in [-0.25, -0.2) is 9.97 Å². The molecule has 0 saturated carbocycles. The van der Waals surface area contributed by atoms with Crippen LogP contribution >= 0.6 is 0 Å². The van der Waals surface area contributed by atoms with Crippen LogP contribution in [0, 0.1) is 0 Å². The average molecular weight is 268 g/mol. The summed E-state index contributed by atoms with van der Waals surface area (Å²) in [6, 6.07) is 8.07. The summed E-state index contributed by atoms with van der Waals surface area (Å²) in [7, 11) is 4.01. The average Bonchev–Trinajstić information content (AvgIpc) is 2.87. The number of rotatable bonds is 3. The predicted molar refractivity (Wildman–Crippen MR) is 81.5 cm³/mol. The van der Waals surface area contributed by atoms with E-state index in [4.69, 9.17) is 5.73 Å². The number of hydrogen-bond donors (Lipinski definition) is 2. The van der Waals surface area contributed by atoms with Crippen LogP contribution in [-0.2, 0) is 0 Å². The number of imidazole rings is 1. The van der Waals surface area contributed by atoms with Crippen LogP contribution in [0.1, 0.15) is 0 Å². The summed E-state index contributed by atoms with van der Waals surface area (Å²) in [5, 5.41) is 3.27. The molecule has 0 unspecified atom stereocenters. The molecule has 3 aromatic rings. The van der Waals surface area contributed by atoms with Crippen LogP contribution in [0.25, 0.3) is 5.65 Å². The summed E-state index contributed by atoms with van der Waals surface area (Å²) in [5.41, 5.74) is 8.61. The third kappa shape index (κ3) is 2.23. The molecule has 2 heterocycles. The number of nitrogens with zero attached hydrogens (tertiary/aromatic N) is 4. The van der Waals surface area contributed by atoms with Crippen LogP contribution in [0.4, 0.5) is 23.0 Å². The van der Waals surface area contributed by atoms with Gasteiger partial charge in [0.1, 0.15) is 5.82 Å². The second kappa shape index (κ2) is 4.73. The highest BCUT2D eigenvalue weighted by molar-refractivity contribution is 5.72. The fraction of sp³-hybridized carbons (Fsp3) is 0.143. The lowest BCUT2D eigenvalue weighted by Gasteiger charge is -2.14. The van der Waals surface area contributed by atoms with Crippen LogP contribution in [0.2, 0.25) is 0 Å². The van der Waals surface area contributed by atoms with Crippen molar-refractivity contribution in [2.75, 3.05) is 30.0 Å². The Morgan fingerprint density at radius 1 is 1.30 bits per heavy atom. The quantitative estimate of drug-likeness (QED) is 0.761. The van der Waals surface area contributed by atoms with E-state index in [1.807, 2.05) is 53.9 Å². The molecule has 0 fully saturated rings. The van der Waals surface area contributed by atoms with Gasteiger partial charge in [0.05, 0.1) is 6.20 Å². The van der Waals surface area contributed by atoms with E-state index in [2.05, 4.69) is 15.3 Å². The largest absolute Gasteiger partial charge is 0.382 e. The number of nitrogens with two attached hydrogens (primary N) is 1. The van der Waals surface area contributed by atoms with Crippen molar-refractivity contribution < 1.29 is 0 Å². The molecular formula is C14H16N6. The lowest BCUT2D eigenvalue weighted by atomic mass is 10.2. The van der Waals surface area contributed by atoms with Gasteiger partial charge in [-0.3, -0.25) is 0 Å². The first-order valence-corrected chi connectivity index (χ1v) is 6.27.